The zero-order valence-electron chi connectivity index (χ0n) is 33.6. The van der Waals surface area contributed by atoms with Crippen molar-refractivity contribution in [2.45, 2.75) is 148 Å². The van der Waals surface area contributed by atoms with Crippen LogP contribution in [-0.2, 0) is 28.2 Å². The summed E-state index contributed by atoms with van der Waals surface area (Å²) in [4.78, 5) is 42.7. The van der Waals surface area contributed by atoms with E-state index in [-0.39, 0.29) is 19.4 Å². The summed E-state index contributed by atoms with van der Waals surface area (Å²) in [6.07, 6.45) is 51.3. The molecule has 9 nitrogen and oxygen atoms in total. The Labute approximate surface area is 332 Å². The summed E-state index contributed by atoms with van der Waals surface area (Å²) in [7, 11) is -4.81. The number of carbonyl (C=O) groups excluding carboxylic acids is 2. The summed E-state index contributed by atoms with van der Waals surface area (Å²) < 4.78 is 26.2. The van der Waals surface area contributed by atoms with E-state index in [9.17, 15) is 19.3 Å². The van der Waals surface area contributed by atoms with Gasteiger partial charge in [-0.3, -0.25) is 14.1 Å². The topological polar surface area (TPSA) is 140 Å². The number of hydrogen-bond donors (Lipinski definition) is 3. The first-order chi connectivity index (χ1) is 26.7. The SMILES string of the molecule is CCCCC/C=C\C/C=C\C/C=C\C/C=C\C/C=C\CCC(=O)O[C@H](COC(=O)CCC/C=C/C=C\C(O)C/C=C\C/C=C\CCCCC)COP(=O)(O)O. The van der Waals surface area contributed by atoms with Gasteiger partial charge in [0.05, 0.1) is 12.7 Å². The molecule has 10 heteroatoms. The number of hydrogen-bond acceptors (Lipinski definition) is 7. The normalized spacial score (nSPS) is 14.2. The highest BCUT2D eigenvalue weighted by atomic mass is 31.2. The minimum Gasteiger partial charge on any atom is -0.462 e. The van der Waals surface area contributed by atoms with Crippen LogP contribution >= 0.6 is 7.82 Å². The third-order valence-electron chi connectivity index (χ3n) is 7.86. The highest BCUT2D eigenvalue weighted by Gasteiger charge is 2.22. The van der Waals surface area contributed by atoms with Crippen LogP contribution in [0, 0.1) is 0 Å². The summed E-state index contributed by atoms with van der Waals surface area (Å²) in [5.41, 5.74) is 0. The van der Waals surface area contributed by atoms with Crippen molar-refractivity contribution in [3.8, 4) is 0 Å². The number of unbranched alkanes of at least 4 members (excludes halogenated alkanes) is 7. The van der Waals surface area contributed by atoms with Crippen LogP contribution in [0.5, 0.6) is 0 Å². The minimum absolute atomic E-state index is 0.0524. The van der Waals surface area contributed by atoms with Gasteiger partial charge in [-0.15, -0.1) is 0 Å². The molecule has 0 aromatic heterocycles. The quantitative estimate of drug-likeness (QED) is 0.0188. The Morgan fingerprint density at radius 1 is 0.564 bits per heavy atom. The summed E-state index contributed by atoms with van der Waals surface area (Å²) in [5.74, 6) is -1.12. The Hall–Kier alpha value is -3.33. The second-order valence-corrected chi connectivity index (χ2v) is 14.3. The average molecular weight is 787 g/mol. The molecule has 0 aliphatic heterocycles. The molecule has 0 aliphatic rings. The van der Waals surface area contributed by atoms with Gasteiger partial charge in [0.2, 0.25) is 0 Å². The molecule has 0 saturated carbocycles. The first kappa shape index (κ1) is 51.7. The van der Waals surface area contributed by atoms with Crippen molar-refractivity contribution in [1.29, 1.82) is 0 Å². The van der Waals surface area contributed by atoms with Crippen molar-refractivity contribution >= 4 is 19.8 Å². The summed E-state index contributed by atoms with van der Waals surface area (Å²) in [6, 6.07) is 0. The van der Waals surface area contributed by atoms with Gasteiger partial charge in [-0.1, -0.05) is 149 Å². The highest BCUT2D eigenvalue weighted by Crippen LogP contribution is 2.35. The summed E-state index contributed by atoms with van der Waals surface area (Å²) in [6.45, 7) is 3.42. The second-order valence-electron chi connectivity index (χ2n) is 13.1. The van der Waals surface area contributed by atoms with Gasteiger partial charge in [0, 0.05) is 12.8 Å². The molecule has 0 spiro atoms. The Kier molecular flexibility index (Phi) is 36.6. The fourth-order valence-corrected chi connectivity index (χ4v) is 5.14. The van der Waals surface area contributed by atoms with E-state index in [0.717, 1.165) is 38.5 Å². The third-order valence-corrected chi connectivity index (χ3v) is 8.34. The number of phosphoric acid groups is 1. The van der Waals surface area contributed by atoms with Crippen molar-refractivity contribution in [3.63, 3.8) is 0 Å². The van der Waals surface area contributed by atoms with Gasteiger partial charge in [0.25, 0.3) is 0 Å². The zero-order chi connectivity index (χ0) is 40.5. The van der Waals surface area contributed by atoms with E-state index in [4.69, 9.17) is 19.3 Å². The van der Waals surface area contributed by atoms with Crippen LogP contribution in [0.4, 0.5) is 0 Å². The molecule has 1 unspecified atom stereocenters. The van der Waals surface area contributed by atoms with Crippen molar-refractivity contribution < 1.29 is 43.0 Å². The van der Waals surface area contributed by atoms with Crippen LogP contribution in [0.1, 0.15) is 136 Å². The largest absolute Gasteiger partial charge is 0.469 e. The molecule has 310 valence electrons. The van der Waals surface area contributed by atoms with E-state index >= 15 is 0 Å². The summed E-state index contributed by atoms with van der Waals surface area (Å²) in [5, 5.41) is 10.1. The fraction of sp³-hybridized carbons (Fsp3) is 0.556. The van der Waals surface area contributed by atoms with E-state index in [1.165, 1.54) is 44.9 Å². The number of esters is 2. The molecule has 0 heterocycles. The lowest BCUT2D eigenvalue weighted by Crippen LogP contribution is -2.29. The third kappa shape index (κ3) is 41.7. The van der Waals surface area contributed by atoms with Crippen LogP contribution < -0.4 is 0 Å². The van der Waals surface area contributed by atoms with Crippen LogP contribution in [0.2, 0.25) is 0 Å². The highest BCUT2D eigenvalue weighted by molar-refractivity contribution is 7.46. The van der Waals surface area contributed by atoms with Crippen molar-refractivity contribution in [2.24, 2.45) is 0 Å². The van der Waals surface area contributed by atoms with E-state index < -0.39 is 38.6 Å². The zero-order valence-corrected chi connectivity index (χ0v) is 34.5. The molecule has 0 amide bonds. The number of aliphatic hydroxyl groups is 1. The maximum atomic E-state index is 12.4. The second kappa shape index (κ2) is 38.9. The number of rotatable bonds is 35. The van der Waals surface area contributed by atoms with Gasteiger partial charge in [-0.2, -0.15) is 0 Å². The lowest BCUT2D eigenvalue weighted by Gasteiger charge is -2.18. The molecule has 0 aromatic rings. The monoisotopic (exact) mass is 786 g/mol. The number of aliphatic hydroxyl groups excluding tert-OH is 1. The molecular weight excluding hydrogens is 715 g/mol. The van der Waals surface area contributed by atoms with Crippen LogP contribution in [0.15, 0.2) is 109 Å². The maximum Gasteiger partial charge on any atom is 0.469 e. The lowest BCUT2D eigenvalue weighted by atomic mass is 10.2. The number of ether oxygens (including phenoxy) is 2. The van der Waals surface area contributed by atoms with Crippen LogP contribution in [0.3, 0.4) is 0 Å². The Morgan fingerprint density at radius 2 is 1.05 bits per heavy atom. The molecular formula is C45H71O9P. The maximum absolute atomic E-state index is 12.4. The van der Waals surface area contributed by atoms with Gasteiger partial charge in [0.15, 0.2) is 6.10 Å². The van der Waals surface area contributed by atoms with E-state index in [1.54, 1.807) is 12.2 Å². The van der Waals surface area contributed by atoms with Gasteiger partial charge in [-0.25, -0.2) is 4.57 Å². The number of allylic oxidation sites excluding steroid dienone is 16. The standard InChI is InChI=1S/C45H71O9P/c1-3-5-7-9-11-13-14-15-16-17-18-19-20-21-22-24-26-30-35-39-45(48)54-43(41-53-55(49,50)51)40-52-44(47)38-34-31-27-29-33-37-42(46)36-32-28-25-23-12-10-8-6-4-2/h11-13,15-16,18-19,21-23,26-30,32-33,37,42-43,46H,3-10,14,17,20,24-25,31,34-36,38-41H2,1-2H3,(H2,49,50,51)/b13-11-,16-15-,19-18-,22-21-,23-12-,29-27+,30-26-,32-28-,37-33-/t42?,43-/m1/s1. The minimum atomic E-state index is -4.81. The van der Waals surface area contributed by atoms with Crippen molar-refractivity contribution in [3.05, 3.63) is 109 Å². The predicted octanol–water partition coefficient (Wildman–Crippen LogP) is 11.4. The Balaban J connectivity index is 4.28. The molecule has 0 aromatic carbocycles. The molecule has 0 fully saturated rings. The number of carbonyl (C=O) groups is 2. The van der Waals surface area contributed by atoms with Gasteiger partial charge < -0.3 is 24.4 Å². The van der Waals surface area contributed by atoms with Crippen molar-refractivity contribution in [2.75, 3.05) is 13.2 Å². The number of phosphoric ester groups is 1. The van der Waals surface area contributed by atoms with Gasteiger partial charge >= 0.3 is 19.8 Å². The Bertz CT molecular complexity index is 1270. The molecule has 0 saturated heterocycles. The predicted molar refractivity (Wildman–Crippen MR) is 226 cm³/mol. The molecule has 0 radical (unpaired) electrons. The summed E-state index contributed by atoms with van der Waals surface area (Å²) >= 11 is 0. The fourth-order valence-electron chi connectivity index (χ4n) is 4.78. The lowest BCUT2D eigenvalue weighted by molar-refractivity contribution is -0.161. The van der Waals surface area contributed by atoms with E-state index in [0.29, 0.717) is 25.7 Å². The Morgan fingerprint density at radius 3 is 1.58 bits per heavy atom. The molecule has 2 atom stereocenters. The van der Waals surface area contributed by atoms with E-state index in [2.05, 4.69) is 85.2 Å². The van der Waals surface area contributed by atoms with Crippen LogP contribution in [-0.4, -0.2) is 52.3 Å². The first-order valence-electron chi connectivity index (χ1n) is 20.3. The molecule has 0 bridgehead atoms. The molecule has 55 heavy (non-hydrogen) atoms. The van der Waals surface area contributed by atoms with Crippen LogP contribution in [0.25, 0.3) is 0 Å². The average Bonchev–Trinajstić information content (AvgIpc) is 3.15. The van der Waals surface area contributed by atoms with Crippen molar-refractivity contribution in [1.82, 2.24) is 0 Å². The smallest absolute Gasteiger partial charge is 0.462 e. The van der Waals surface area contributed by atoms with Gasteiger partial charge in [-0.05, 0) is 83.5 Å². The first-order valence-corrected chi connectivity index (χ1v) is 21.8. The molecule has 0 rings (SSSR count). The van der Waals surface area contributed by atoms with Gasteiger partial charge in [0.1, 0.15) is 6.61 Å². The molecule has 0 aliphatic carbocycles. The van der Waals surface area contributed by atoms with E-state index in [1.807, 2.05) is 30.4 Å². The molecule has 3 N–H and O–H groups in total.